The maximum Gasteiger partial charge on any atom is 0.247 e. The van der Waals surface area contributed by atoms with E-state index in [0.29, 0.717) is 23.2 Å². The maximum absolute atomic E-state index is 13.0. The van der Waals surface area contributed by atoms with E-state index in [1.54, 1.807) is 28.0 Å². The lowest BCUT2D eigenvalue weighted by Gasteiger charge is -2.29. The number of anilines is 1. The van der Waals surface area contributed by atoms with Crippen molar-refractivity contribution in [2.45, 2.75) is 44.5 Å². The van der Waals surface area contributed by atoms with Crippen LogP contribution in [0.15, 0.2) is 46.9 Å². The van der Waals surface area contributed by atoms with Gasteiger partial charge >= 0.3 is 0 Å². The quantitative estimate of drug-likeness (QED) is 0.392. The largest absolute Gasteiger partial charge is 0.446 e. The summed E-state index contributed by atoms with van der Waals surface area (Å²) in [5.74, 6) is 1.33. The van der Waals surface area contributed by atoms with Crippen molar-refractivity contribution in [2.24, 2.45) is 0 Å². The fourth-order valence-electron chi connectivity index (χ4n) is 3.14. The lowest BCUT2D eigenvalue weighted by molar-refractivity contribution is -0.120. The van der Waals surface area contributed by atoms with E-state index in [1.165, 1.54) is 0 Å². The monoisotopic (exact) mass is 426 g/mol. The lowest BCUT2D eigenvalue weighted by atomic mass is 10.1. The van der Waals surface area contributed by atoms with Gasteiger partial charge in [-0.2, -0.15) is 4.98 Å². The van der Waals surface area contributed by atoms with Crippen LogP contribution in [0.1, 0.15) is 44.2 Å². The van der Waals surface area contributed by atoms with Crippen LogP contribution in [0, 0.1) is 0 Å². The van der Waals surface area contributed by atoms with Crippen molar-refractivity contribution >= 4 is 34.7 Å². The van der Waals surface area contributed by atoms with E-state index in [4.69, 9.17) is 4.74 Å². The van der Waals surface area contributed by atoms with Gasteiger partial charge in [0.15, 0.2) is 5.69 Å². The Kier molecular flexibility index (Phi) is 6.10. The molecule has 1 aliphatic rings. The number of benzene rings is 1. The summed E-state index contributed by atoms with van der Waals surface area (Å²) in [7, 11) is 0. The Hall–Kier alpha value is -2.45. The van der Waals surface area contributed by atoms with Gasteiger partial charge in [-0.25, -0.2) is 0 Å². The van der Waals surface area contributed by atoms with Crippen LogP contribution in [-0.4, -0.2) is 26.8 Å². The molecule has 3 aromatic rings. The van der Waals surface area contributed by atoms with Crippen molar-refractivity contribution in [3.63, 3.8) is 0 Å². The number of thiophene rings is 1. The molecule has 1 aromatic carbocycles. The van der Waals surface area contributed by atoms with Gasteiger partial charge in [0.2, 0.25) is 23.2 Å². The number of ether oxygens (including phenoxy) is 1. The van der Waals surface area contributed by atoms with E-state index in [2.05, 4.69) is 22.1 Å². The molecule has 0 aliphatic carbocycles. The fraction of sp³-hybridized carbons (Fsp3) is 0.333. The Morgan fingerprint density at radius 3 is 2.83 bits per heavy atom. The standard InChI is InChI=1S/C21H22N4O2S2/c1-3-5-12-29-21-22-19-18(23-24-21)14-9-6-7-10-15(14)25(17(26)4-2)20(27-19)16-11-8-13-28-16/h6-11,13,20H,3-5,12H2,1-2H3/t20-/m0/s1. The molecular formula is C21H22N4O2S2. The Bertz CT molecular complexity index is 994. The molecule has 8 heteroatoms. The Labute approximate surface area is 178 Å². The van der Waals surface area contributed by atoms with Crippen LogP contribution in [0.25, 0.3) is 11.3 Å². The van der Waals surface area contributed by atoms with Gasteiger partial charge in [0.25, 0.3) is 0 Å². The van der Waals surface area contributed by atoms with Crippen LogP contribution in [0.4, 0.5) is 5.69 Å². The molecule has 150 valence electrons. The number of para-hydroxylation sites is 1. The van der Waals surface area contributed by atoms with Crippen molar-refractivity contribution in [1.82, 2.24) is 15.2 Å². The summed E-state index contributed by atoms with van der Waals surface area (Å²) >= 11 is 3.13. The van der Waals surface area contributed by atoms with Crippen molar-refractivity contribution in [2.75, 3.05) is 10.7 Å². The first kappa shape index (κ1) is 19.8. The Balaban J connectivity index is 1.84. The molecule has 1 aliphatic heterocycles. The van der Waals surface area contributed by atoms with Gasteiger partial charge in [-0.05, 0) is 23.9 Å². The summed E-state index contributed by atoms with van der Waals surface area (Å²) in [6.45, 7) is 4.01. The highest BCUT2D eigenvalue weighted by Gasteiger charge is 2.35. The molecule has 0 bridgehead atoms. The summed E-state index contributed by atoms with van der Waals surface area (Å²) in [6.07, 6.45) is 1.98. The summed E-state index contributed by atoms with van der Waals surface area (Å²) in [5, 5.41) is 11.3. The minimum absolute atomic E-state index is 0.0193. The number of hydrogen-bond acceptors (Lipinski definition) is 7. The molecule has 0 N–H and O–H groups in total. The summed E-state index contributed by atoms with van der Waals surface area (Å²) < 4.78 is 6.35. The predicted molar refractivity (Wildman–Crippen MR) is 116 cm³/mol. The molecule has 4 rings (SSSR count). The number of aromatic nitrogens is 3. The number of thioether (sulfide) groups is 1. The predicted octanol–water partition coefficient (Wildman–Crippen LogP) is 5.33. The molecule has 1 atom stereocenters. The Morgan fingerprint density at radius 2 is 2.07 bits per heavy atom. The number of fused-ring (bicyclic) bond motifs is 3. The number of hydrogen-bond donors (Lipinski definition) is 0. The van der Waals surface area contributed by atoms with Gasteiger partial charge in [0.1, 0.15) is 0 Å². The van der Waals surface area contributed by atoms with Gasteiger partial charge < -0.3 is 4.74 Å². The topological polar surface area (TPSA) is 68.2 Å². The van der Waals surface area contributed by atoms with Crippen LogP contribution < -0.4 is 9.64 Å². The van der Waals surface area contributed by atoms with Gasteiger partial charge in [0, 0.05) is 17.7 Å². The number of nitrogens with zero attached hydrogens (tertiary/aromatic N) is 4. The smallest absolute Gasteiger partial charge is 0.247 e. The molecule has 6 nitrogen and oxygen atoms in total. The molecule has 2 aromatic heterocycles. The van der Waals surface area contributed by atoms with Crippen molar-refractivity contribution in [3.8, 4) is 17.1 Å². The average molecular weight is 427 g/mol. The third-order valence-corrected chi connectivity index (χ3v) is 6.43. The number of amides is 1. The fourth-order valence-corrected chi connectivity index (χ4v) is 4.74. The van der Waals surface area contributed by atoms with E-state index >= 15 is 0 Å². The van der Waals surface area contributed by atoms with Gasteiger partial charge in [-0.15, -0.1) is 21.5 Å². The average Bonchev–Trinajstić information content (AvgIpc) is 3.24. The number of carbonyl (C=O) groups is 1. The normalized spacial score (nSPS) is 15.2. The highest BCUT2D eigenvalue weighted by atomic mass is 32.2. The SMILES string of the molecule is CCCCSc1nnc2c(n1)O[C@@H](c1cccs1)N(C(=O)CC)c1ccccc1-2. The van der Waals surface area contributed by atoms with Crippen molar-refractivity contribution < 1.29 is 9.53 Å². The van der Waals surface area contributed by atoms with Crippen LogP contribution in [0.5, 0.6) is 5.88 Å². The third-order valence-electron chi connectivity index (χ3n) is 4.60. The summed E-state index contributed by atoms with van der Waals surface area (Å²) in [5.41, 5.74) is 2.13. The number of carbonyl (C=O) groups excluding carboxylic acids is 1. The van der Waals surface area contributed by atoms with E-state index in [9.17, 15) is 4.79 Å². The molecule has 0 saturated heterocycles. The number of unbranched alkanes of at least 4 members (excludes halogenated alkanes) is 1. The van der Waals surface area contributed by atoms with Gasteiger partial charge in [-0.3, -0.25) is 9.69 Å². The van der Waals surface area contributed by atoms with Crippen LogP contribution in [0.2, 0.25) is 0 Å². The zero-order chi connectivity index (χ0) is 20.2. The minimum Gasteiger partial charge on any atom is -0.446 e. The molecule has 0 unspecified atom stereocenters. The van der Waals surface area contributed by atoms with E-state index in [1.807, 2.05) is 48.7 Å². The minimum atomic E-state index is -0.588. The van der Waals surface area contributed by atoms with E-state index in [0.717, 1.165) is 34.7 Å². The highest BCUT2D eigenvalue weighted by Crippen LogP contribution is 2.44. The first-order valence-corrected chi connectivity index (χ1v) is 11.6. The number of rotatable bonds is 6. The molecule has 1 amide bonds. The Morgan fingerprint density at radius 1 is 1.21 bits per heavy atom. The maximum atomic E-state index is 13.0. The second kappa shape index (κ2) is 8.92. The molecule has 0 saturated carbocycles. The molecule has 0 spiro atoms. The zero-order valence-electron chi connectivity index (χ0n) is 16.4. The molecule has 29 heavy (non-hydrogen) atoms. The van der Waals surface area contributed by atoms with E-state index in [-0.39, 0.29) is 5.91 Å². The van der Waals surface area contributed by atoms with Crippen molar-refractivity contribution in [3.05, 3.63) is 46.7 Å². The molecular weight excluding hydrogens is 404 g/mol. The second-order valence-electron chi connectivity index (χ2n) is 6.57. The zero-order valence-corrected chi connectivity index (χ0v) is 18.0. The summed E-state index contributed by atoms with van der Waals surface area (Å²) in [4.78, 5) is 20.3. The highest BCUT2D eigenvalue weighted by molar-refractivity contribution is 7.99. The lowest BCUT2D eigenvalue weighted by Crippen LogP contribution is -2.36. The first-order chi connectivity index (χ1) is 14.2. The summed E-state index contributed by atoms with van der Waals surface area (Å²) in [6, 6.07) is 11.6. The van der Waals surface area contributed by atoms with Gasteiger partial charge in [-0.1, -0.05) is 56.3 Å². The van der Waals surface area contributed by atoms with Crippen LogP contribution in [0.3, 0.4) is 0 Å². The van der Waals surface area contributed by atoms with Gasteiger partial charge in [0.05, 0.1) is 10.6 Å². The van der Waals surface area contributed by atoms with E-state index < -0.39 is 6.23 Å². The van der Waals surface area contributed by atoms with Crippen LogP contribution in [-0.2, 0) is 4.79 Å². The molecule has 0 radical (unpaired) electrons. The molecule has 0 fully saturated rings. The van der Waals surface area contributed by atoms with Crippen molar-refractivity contribution in [1.29, 1.82) is 0 Å². The molecule has 3 heterocycles. The third kappa shape index (κ3) is 4.00. The first-order valence-electron chi connectivity index (χ1n) is 9.72. The second-order valence-corrected chi connectivity index (χ2v) is 8.61. The van der Waals surface area contributed by atoms with Crippen LogP contribution >= 0.6 is 23.1 Å².